The summed E-state index contributed by atoms with van der Waals surface area (Å²) in [6.07, 6.45) is -4.26. The molecule has 168 valence electrons. The number of hydrogen-bond acceptors (Lipinski definition) is 2. The first-order chi connectivity index (χ1) is 15.8. The number of carbonyl (C=O) groups is 1. The number of hydrogen-bond donors (Lipinski definition) is 0. The summed E-state index contributed by atoms with van der Waals surface area (Å²) >= 11 is 0. The van der Waals surface area contributed by atoms with Crippen LogP contribution in [-0.2, 0) is 17.5 Å². The number of fused-ring (bicyclic) bond motifs is 1. The Morgan fingerprint density at radius 1 is 1.00 bits per heavy atom. The molecule has 0 radical (unpaired) electrons. The van der Waals surface area contributed by atoms with E-state index in [1.807, 2.05) is 36.4 Å². The second-order valence-electron chi connectivity index (χ2n) is 8.42. The van der Waals surface area contributed by atoms with E-state index in [1.165, 1.54) is 11.0 Å². The average molecular weight is 449 g/mol. The van der Waals surface area contributed by atoms with Gasteiger partial charge in [-0.2, -0.15) is 13.2 Å². The Balaban J connectivity index is 1.52. The van der Waals surface area contributed by atoms with Crippen LogP contribution in [0.5, 0.6) is 0 Å². The molecule has 1 saturated heterocycles. The molecular formula is C26H22F3N3O. The van der Waals surface area contributed by atoms with E-state index in [4.69, 9.17) is 4.98 Å². The van der Waals surface area contributed by atoms with Crippen molar-refractivity contribution >= 4 is 22.6 Å². The lowest BCUT2D eigenvalue weighted by atomic mass is 10.1. The first-order valence-corrected chi connectivity index (χ1v) is 10.8. The zero-order valence-electron chi connectivity index (χ0n) is 18.0. The number of amides is 1. The first kappa shape index (κ1) is 21.2. The predicted octanol–water partition coefficient (Wildman–Crippen LogP) is 5.93. The molecule has 0 bridgehead atoms. The van der Waals surface area contributed by atoms with Crippen molar-refractivity contribution < 1.29 is 18.0 Å². The number of anilines is 1. The van der Waals surface area contributed by atoms with Gasteiger partial charge in [0.05, 0.1) is 16.6 Å². The van der Waals surface area contributed by atoms with E-state index in [0.29, 0.717) is 6.54 Å². The normalized spacial score (nSPS) is 16.7. The fourth-order valence-electron chi connectivity index (χ4n) is 4.51. The summed E-state index contributed by atoms with van der Waals surface area (Å²) in [6.45, 7) is 2.95. The molecule has 2 heterocycles. The minimum atomic E-state index is -4.46. The van der Waals surface area contributed by atoms with Gasteiger partial charge in [-0.3, -0.25) is 4.79 Å². The Bertz CT molecular complexity index is 1340. The van der Waals surface area contributed by atoms with Crippen LogP contribution in [0.2, 0.25) is 0 Å². The van der Waals surface area contributed by atoms with Crippen LogP contribution in [-0.4, -0.2) is 22.0 Å². The van der Waals surface area contributed by atoms with Gasteiger partial charge in [-0.05, 0) is 48.4 Å². The van der Waals surface area contributed by atoms with E-state index in [0.717, 1.165) is 40.1 Å². The van der Waals surface area contributed by atoms with Crippen molar-refractivity contribution in [1.82, 2.24) is 9.55 Å². The van der Waals surface area contributed by atoms with Crippen molar-refractivity contribution in [3.63, 3.8) is 0 Å². The van der Waals surface area contributed by atoms with Crippen LogP contribution >= 0.6 is 0 Å². The van der Waals surface area contributed by atoms with Gasteiger partial charge < -0.3 is 9.47 Å². The number of carbonyl (C=O) groups excluding carboxylic acids is 1. The monoisotopic (exact) mass is 449 g/mol. The topological polar surface area (TPSA) is 38.1 Å². The van der Waals surface area contributed by atoms with Gasteiger partial charge in [-0.1, -0.05) is 42.5 Å². The van der Waals surface area contributed by atoms with Crippen molar-refractivity contribution in [2.75, 3.05) is 11.4 Å². The highest BCUT2D eigenvalue weighted by Crippen LogP contribution is 2.36. The number of aryl methyl sites for hydroxylation is 1. The maximum absolute atomic E-state index is 13.2. The third kappa shape index (κ3) is 3.99. The summed E-state index contributed by atoms with van der Waals surface area (Å²) in [5.41, 5.74) is 3.63. The molecule has 1 fully saturated rings. The number of para-hydroxylation sites is 2. The van der Waals surface area contributed by atoms with Crippen LogP contribution in [0.25, 0.3) is 11.0 Å². The lowest BCUT2D eigenvalue weighted by Gasteiger charge is -2.19. The van der Waals surface area contributed by atoms with E-state index in [9.17, 15) is 18.0 Å². The van der Waals surface area contributed by atoms with Crippen LogP contribution in [0.4, 0.5) is 18.9 Å². The molecule has 0 spiro atoms. The minimum Gasteiger partial charge on any atom is -0.323 e. The minimum absolute atomic E-state index is 0.200. The number of imidazole rings is 1. The number of aromatic nitrogens is 2. The van der Waals surface area contributed by atoms with Gasteiger partial charge in [0.1, 0.15) is 5.82 Å². The predicted molar refractivity (Wildman–Crippen MR) is 121 cm³/mol. The van der Waals surface area contributed by atoms with Gasteiger partial charge in [0.25, 0.3) is 0 Å². The molecule has 3 aromatic carbocycles. The Labute approximate surface area is 189 Å². The Kier molecular flexibility index (Phi) is 5.19. The molecule has 5 rings (SSSR count). The molecule has 1 aromatic heterocycles. The van der Waals surface area contributed by atoms with Crippen molar-refractivity contribution in [3.05, 3.63) is 95.3 Å². The summed E-state index contributed by atoms with van der Waals surface area (Å²) in [4.78, 5) is 19.2. The summed E-state index contributed by atoms with van der Waals surface area (Å²) in [5.74, 6) is 0.361. The molecule has 0 N–H and O–H groups in total. The van der Waals surface area contributed by atoms with E-state index in [1.54, 1.807) is 6.07 Å². The van der Waals surface area contributed by atoms with Gasteiger partial charge in [0, 0.05) is 31.1 Å². The van der Waals surface area contributed by atoms with Crippen molar-refractivity contribution in [3.8, 4) is 0 Å². The lowest BCUT2D eigenvalue weighted by Crippen LogP contribution is -2.25. The van der Waals surface area contributed by atoms with Gasteiger partial charge in [-0.15, -0.1) is 0 Å². The van der Waals surface area contributed by atoms with Crippen LogP contribution in [0.3, 0.4) is 0 Å². The fourth-order valence-corrected chi connectivity index (χ4v) is 4.51. The lowest BCUT2D eigenvalue weighted by molar-refractivity contribution is -0.137. The van der Waals surface area contributed by atoms with Gasteiger partial charge in [0.15, 0.2) is 0 Å². The third-order valence-corrected chi connectivity index (χ3v) is 6.25. The van der Waals surface area contributed by atoms with Crippen molar-refractivity contribution in [2.24, 2.45) is 0 Å². The zero-order chi connectivity index (χ0) is 23.2. The fraction of sp³-hybridized carbons (Fsp3) is 0.231. The Morgan fingerprint density at radius 3 is 2.55 bits per heavy atom. The molecule has 4 aromatic rings. The van der Waals surface area contributed by atoms with Crippen molar-refractivity contribution in [1.29, 1.82) is 0 Å². The number of benzene rings is 3. The average Bonchev–Trinajstić information content (AvgIpc) is 3.35. The summed E-state index contributed by atoms with van der Waals surface area (Å²) < 4.78 is 41.7. The van der Waals surface area contributed by atoms with Crippen LogP contribution in [0.15, 0.2) is 72.8 Å². The quantitative estimate of drug-likeness (QED) is 0.387. The first-order valence-electron chi connectivity index (χ1n) is 10.8. The second kappa shape index (κ2) is 8.06. The van der Waals surface area contributed by atoms with E-state index in [-0.39, 0.29) is 30.5 Å². The number of nitrogens with zero attached hydrogens (tertiary/aromatic N) is 3. The van der Waals surface area contributed by atoms with E-state index in [2.05, 4.69) is 23.6 Å². The Hall–Kier alpha value is -3.61. The summed E-state index contributed by atoms with van der Waals surface area (Å²) in [6, 6.07) is 20.9. The molecule has 1 unspecified atom stereocenters. The highest BCUT2D eigenvalue weighted by atomic mass is 19.4. The zero-order valence-corrected chi connectivity index (χ0v) is 18.0. The maximum atomic E-state index is 13.2. The van der Waals surface area contributed by atoms with Gasteiger partial charge in [-0.25, -0.2) is 4.98 Å². The number of halogens is 3. The van der Waals surface area contributed by atoms with Crippen LogP contribution in [0.1, 0.15) is 34.9 Å². The molecule has 1 aliphatic rings. The second-order valence-corrected chi connectivity index (χ2v) is 8.42. The van der Waals surface area contributed by atoms with E-state index < -0.39 is 11.7 Å². The Morgan fingerprint density at radius 2 is 1.76 bits per heavy atom. The van der Waals surface area contributed by atoms with Crippen LogP contribution < -0.4 is 4.90 Å². The smallest absolute Gasteiger partial charge is 0.323 e. The van der Waals surface area contributed by atoms with Gasteiger partial charge in [0.2, 0.25) is 5.91 Å². The standard InChI is InChI=1S/C26H22F3N3O/c1-17-7-2-3-8-18(17)15-32-23-12-5-4-11-22(23)30-25(32)19-13-24(33)31(16-19)21-10-6-9-20(14-21)26(27,28)29/h2-12,14,19H,13,15-16H2,1H3. The largest absolute Gasteiger partial charge is 0.416 e. The molecule has 1 amide bonds. The highest BCUT2D eigenvalue weighted by molar-refractivity contribution is 5.96. The maximum Gasteiger partial charge on any atom is 0.416 e. The molecule has 4 nitrogen and oxygen atoms in total. The molecular weight excluding hydrogens is 427 g/mol. The molecule has 1 aliphatic heterocycles. The number of alkyl halides is 3. The highest BCUT2D eigenvalue weighted by Gasteiger charge is 2.36. The molecule has 7 heteroatoms. The van der Waals surface area contributed by atoms with Crippen LogP contribution in [0, 0.1) is 6.92 Å². The number of rotatable bonds is 4. The third-order valence-electron chi connectivity index (χ3n) is 6.25. The van der Waals surface area contributed by atoms with E-state index >= 15 is 0 Å². The molecule has 33 heavy (non-hydrogen) atoms. The molecule has 1 atom stereocenters. The molecule has 0 saturated carbocycles. The molecule has 0 aliphatic carbocycles. The van der Waals surface area contributed by atoms with Gasteiger partial charge >= 0.3 is 6.18 Å². The summed E-state index contributed by atoms with van der Waals surface area (Å²) in [7, 11) is 0. The van der Waals surface area contributed by atoms with Crippen molar-refractivity contribution in [2.45, 2.75) is 32.0 Å². The summed E-state index contributed by atoms with van der Waals surface area (Å²) in [5, 5.41) is 0. The SMILES string of the molecule is Cc1ccccc1Cn1c(C2CC(=O)N(c3cccc(C(F)(F)F)c3)C2)nc2ccccc21.